The minimum absolute atomic E-state index is 0.775. The van der Waals surface area contributed by atoms with Gasteiger partial charge in [-0.1, -0.05) is 18.2 Å². The first-order chi connectivity index (χ1) is 7.92. The topological polar surface area (TPSA) is 25.5 Å². The number of fused-ring (bicyclic) bond motifs is 1. The summed E-state index contributed by atoms with van der Waals surface area (Å²) in [5.74, 6) is 0.775. The second kappa shape index (κ2) is 3.94. The lowest BCUT2D eigenvalue weighted by atomic mass is 10.3. The number of furan rings is 1. The molecule has 2 aromatic heterocycles. The van der Waals surface area contributed by atoms with Gasteiger partial charge in [0.15, 0.2) is 0 Å². The van der Waals surface area contributed by atoms with Gasteiger partial charge in [-0.05, 0) is 29.7 Å². The second-order valence-electron chi connectivity index (χ2n) is 3.40. The lowest BCUT2D eigenvalue weighted by molar-refractivity contribution is 0.560. The number of aliphatic imine (C=N–C) groups is 1. The van der Waals surface area contributed by atoms with Crippen molar-refractivity contribution in [3.05, 3.63) is 54.5 Å². The van der Waals surface area contributed by atoms with Crippen LogP contribution in [0.25, 0.3) is 10.1 Å². The highest BCUT2D eigenvalue weighted by molar-refractivity contribution is 7.22. The van der Waals surface area contributed by atoms with Gasteiger partial charge < -0.3 is 4.42 Å². The minimum atomic E-state index is 0.775. The molecule has 0 N–H and O–H groups in total. The smallest absolute Gasteiger partial charge is 0.144 e. The standard InChI is InChI=1S/C13H9NOS/c1-2-6-12-10(4-1)8-13(16-12)14-9-11-5-3-7-15-11/h1-9H/b14-9-. The summed E-state index contributed by atoms with van der Waals surface area (Å²) in [7, 11) is 0. The van der Waals surface area contributed by atoms with E-state index >= 15 is 0 Å². The summed E-state index contributed by atoms with van der Waals surface area (Å²) in [5, 5.41) is 2.23. The largest absolute Gasteiger partial charge is 0.463 e. The third-order valence-electron chi connectivity index (χ3n) is 2.27. The van der Waals surface area contributed by atoms with Crippen LogP contribution >= 0.6 is 11.3 Å². The van der Waals surface area contributed by atoms with Crippen LogP contribution in [0.1, 0.15) is 5.76 Å². The first-order valence-electron chi connectivity index (χ1n) is 4.98. The molecule has 78 valence electrons. The summed E-state index contributed by atoms with van der Waals surface area (Å²) < 4.78 is 6.44. The van der Waals surface area contributed by atoms with Gasteiger partial charge in [0.2, 0.25) is 0 Å². The summed E-state index contributed by atoms with van der Waals surface area (Å²) in [6.07, 6.45) is 3.39. The molecule has 0 aliphatic heterocycles. The van der Waals surface area contributed by atoms with Crippen molar-refractivity contribution in [1.82, 2.24) is 0 Å². The van der Waals surface area contributed by atoms with Crippen molar-refractivity contribution in [3.8, 4) is 0 Å². The van der Waals surface area contributed by atoms with Crippen molar-refractivity contribution < 1.29 is 4.42 Å². The zero-order valence-electron chi connectivity index (χ0n) is 8.46. The van der Waals surface area contributed by atoms with Crippen molar-refractivity contribution >= 4 is 32.6 Å². The van der Waals surface area contributed by atoms with E-state index in [1.165, 1.54) is 10.1 Å². The highest BCUT2D eigenvalue weighted by Gasteiger charge is 1.98. The van der Waals surface area contributed by atoms with E-state index in [0.717, 1.165) is 10.8 Å². The molecule has 0 unspecified atom stereocenters. The van der Waals surface area contributed by atoms with E-state index in [2.05, 4.69) is 23.2 Å². The average molecular weight is 227 g/mol. The number of benzene rings is 1. The van der Waals surface area contributed by atoms with Crippen LogP contribution in [-0.4, -0.2) is 6.21 Å². The molecule has 0 amide bonds. The number of nitrogens with zero attached hydrogens (tertiary/aromatic N) is 1. The zero-order valence-corrected chi connectivity index (χ0v) is 9.28. The van der Waals surface area contributed by atoms with Crippen LogP contribution in [0.5, 0.6) is 0 Å². The quantitative estimate of drug-likeness (QED) is 0.601. The predicted octanol–water partition coefficient (Wildman–Crippen LogP) is 4.24. The lowest BCUT2D eigenvalue weighted by Gasteiger charge is -1.82. The molecule has 0 spiro atoms. The second-order valence-corrected chi connectivity index (χ2v) is 4.46. The Kier molecular flexibility index (Phi) is 2.31. The predicted molar refractivity (Wildman–Crippen MR) is 67.8 cm³/mol. The van der Waals surface area contributed by atoms with Gasteiger partial charge in [0, 0.05) is 4.70 Å². The fourth-order valence-electron chi connectivity index (χ4n) is 1.52. The Hall–Kier alpha value is -1.87. The van der Waals surface area contributed by atoms with Crippen molar-refractivity contribution in [1.29, 1.82) is 0 Å². The molecule has 0 atom stereocenters. The van der Waals surface area contributed by atoms with Crippen LogP contribution in [0.3, 0.4) is 0 Å². The fourth-order valence-corrected chi connectivity index (χ4v) is 2.43. The monoisotopic (exact) mass is 227 g/mol. The Morgan fingerprint density at radius 3 is 2.88 bits per heavy atom. The Balaban J connectivity index is 1.95. The molecule has 0 radical (unpaired) electrons. The van der Waals surface area contributed by atoms with E-state index in [4.69, 9.17) is 4.42 Å². The zero-order chi connectivity index (χ0) is 10.8. The van der Waals surface area contributed by atoms with Crippen LogP contribution in [0, 0.1) is 0 Å². The molecule has 3 rings (SSSR count). The average Bonchev–Trinajstić information content (AvgIpc) is 2.95. The minimum Gasteiger partial charge on any atom is -0.463 e. The van der Waals surface area contributed by atoms with Crippen molar-refractivity contribution in [2.75, 3.05) is 0 Å². The summed E-state index contributed by atoms with van der Waals surface area (Å²) in [5.41, 5.74) is 0. The number of hydrogen-bond acceptors (Lipinski definition) is 3. The maximum atomic E-state index is 5.18. The molecular weight excluding hydrogens is 218 g/mol. The van der Waals surface area contributed by atoms with E-state index in [1.54, 1.807) is 23.8 Å². The van der Waals surface area contributed by atoms with Crippen LogP contribution in [-0.2, 0) is 0 Å². The highest BCUT2D eigenvalue weighted by Crippen LogP contribution is 2.31. The van der Waals surface area contributed by atoms with Crippen molar-refractivity contribution in [2.45, 2.75) is 0 Å². The van der Waals surface area contributed by atoms with Crippen LogP contribution in [0.15, 0.2) is 58.1 Å². The van der Waals surface area contributed by atoms with Gasteiger partial charge in [-0.25, -0.2) is 4.99 Å². The van der Waals surface area contributed by atoms with Crippen LogP contribution in [0.4, 0.5) is 5.00 Å². The van der Waals surface area contributed by atoms with Gasteiger partial charge in [-0.15, -0.1) is 11.3 Å². The Labute approximate surface area is 96.9 Å². The fraction of sp³-hybridized carbons (Fsp3) is 0. The number of hydrogen-bond donors (Lipinski definition) is 0. The number of thiophene rings is 1. The van der Waals surface area contributed by atoms with Crippen LogP contribution in [0.2, 0.25) is 0 Å². The summed E-state index contributed by atoms with van der Waals surface area (Å²) in [6, 6.07) is 14.1. The van der Waals surface area contributed by atoms with Crippen molar-refractivity contribution in [2.24, 2.45) is 4.99 Å². The summed E-state index contributed by atoms with van der Waals surface area (Å²) in [4.78, 5) is 4.39. The lowest BCUT2D eigenvalue weighted by Crippen LogP contribution is -1.70. The molecule has 0 aliphatic rings. The summed E-state index contributed by atoms with van der Waals surface area (Å²) >= 11 is 1.68. The molecule has 2 nitrogen and oxygen atoms in total. The molecule has 0 aliphatic carbocycles. The van der Waals surface area contributed by atoms with Crippen molar-refractivity contribution in [3.63, 3.8) is 0 Å². The molecule has 1 aromatic carbocycles. The van der Waals surface area contributed by atoms with E-state index < -0.39 is 0 Å². The summed E-state index contributed by atoms with van der Waals surface area (Å²) in [6.45, 7) is 0. The van der Waals surface area contributed by atoms with Gasteiger partial charge in [0.05, 0.1) is 12.5 Å². The van der Waals surface area contributed by atoms with E-state index in [9.17, 15) is 0 Å². The van der Waals surface area contributed by atoms with Gasteiger partial charge in [-0.2, -0.15) is 0 Å². The van der Waals surface area contributed by atoms with Gasteiger partial charge in [0.25, 0.3) is 0 Å². The molecule has 0 saturated heterocycles. The maximum absolute atomic E-state index is 5.18. The van der Waals surface area contributed by atoms with E-state index in [-0.39, 0.29) is 0 Å². The molecule has 3 heteroatoms. The van der Waals surface area contributed by atoms with Gasteiger partial charge in [-0.3, -0.25) is 0 Å². The molecular formula is C13H9NOS. The molecule has 0 saturated carbocycles. The Bertz CT molecular complexity index is 589. The molecule has 0 bridgehead atoms. The SMILES string of the molecule is C(=N/c1cc2ccccc2s1)/c1ccco1. The normalized spacial score (nSPS) is 11.5. The molecule has 0 fully saturated rings. The third-order valence-corrected chi connectivity index (χ3v) is 3.30. The van der Waals surface area contributed by atoms with Crippen LogP contribution < -0.4 is 0 Å². The first kappa shape index (κ1) is 9.36. The third kappa shape index (κ3) is 1.77. The van der Waals surface area contributed by atoms with E-state index in [0.29, 0.717) is 0 Å². The molecule has 16 heavy (non-hydrogen) atoms. The van der Waals surface area contributed by atoms with Gasteiger partial charge in [0.1, 0.15) is 10.8 Å². The Morgan fingerprint density at radius 1 is 1.12 bits per heavy atom. The van der Waals surface area contributed by atoms with Gasteiger partial charge >= 0.3 is 0 Å². The Morgan fingerprint density at radius 2 is 2.06 bits per heavy atom. The highest BCUT2D eigenvalue weighted by atomic mass is 32.1. The molecule has 2 heterocycles. The first-order valence-corrected chi connectivity index (χ1v) is 5.80. The number of rotatable bonds is 2. The van der Waals surface area contributed by atoms with E-state index in [1.807, 2.05) is 24.3 Å². The maximum Gasteiger partial charge on any atom is 0.144 e. The molecule has 3 aromatic rings.